The van der Waals surface area contributed by atoms with E-state index in [9.17, 15) is 14.4 Å². The van der Waals surface area contributed by atoms with Crippen molar-refractivity contribution in [1.82, 2.24) is 9.47 Å². The number of piperidine rings is 1. The minimum absolute atomic E-state index is 0.0178. The molecule has 2 aromatic carbocycles. The molecule has 0 bridgehead atoms. The number of benzene rings is 2. The van der Waals surface area contributed by atoms with E-state index in [2.05, 4.69) is 5.32 Å². The van der Waals surface area contributed by atoms with E-state index in [0.29, 0.717) is 22.6 Å². The summed E-state index contributed by atoms with van der Waals surface area (Å²) < 4.78 is 12.2. The number of carbonyl (C=O) groups excluding carboxylic acids is 3. The predicted octanol–water partition coefficient (Wildman–Crippen LogP) is 3.49. The van der Waals surface area contributed by atoms with Crippen LogP contribution in [0, 0.1) is 0 Å². The van der Waals surface area contributed by atoms with Gasteiger partial charge in [0.1, 0.15) is 6.54 Å². The number of amides is 2. The number of Topliss-reactive ketones (excluding diaryl/α,β-unsaturated/α-hetero) is 1. The number of methoxy groups -OCH3 is 2. The van der Waals surface area contributed by atoms with Crippen molar-refractivity contribution >= 4 is 34.2 Å². The third-order valence-electron chi connectivity index (χ3n) is 5.90. The molecule has 1 aliphatic rings. The van der Waals surface area contributed by atoms with Crippen molar-refractivity contribution in [3.63, 3.8) is 0 Å². The molecule has 1 aromatic heterocycles. The Morgan fingerprint density at radius 1 is 0.939 bits per heavy atom. The molecule has 1 saturated heterocycles. The van der Waals surface area contributed by atoms with Crippen LogP contribution in [0.2, 0.25) is 0 Å². The first-order valence-electron chi connectivity index (χ1n) is 10.9. The lowest BCUT2D eigenvalue weighted by Gasteiger charge is -2.27. The van der Waals surface area contributed by atoms with Crippen LogP contribution >= 0.6 is 0 Å². The van der Waals surface area contributed by atoms with Crippen molar-refractivity contribution in [3.8, 4) is 11.5 Å². The number of ether oxygens (including phenoxy) is 2. The molecule has 2 heterocycles. The second-order valence-electron chi connectivity index (χ2n) is 7.98. The van der Waals surface area contributed by atoms with Gasteiger partial charge in [-0.3, -0.25) is 14.4 Å². The fraction of sp³-hybridized carbons (Fsp3) is 0.320. The molecule has 0 unspecified atom stereocenters. The summed E-state index contributed by atoms with van der Waals surface area (Å²) in [5, 5.41) is 3.26. The van der Waals surface area contributed by atoms with Gasteiger partial charge in [-0.05, 0) is 37.5 Å². The summed E-state index contributed by atoms with van der Waals surface area (Å²) in [6, 6.07) is 12.2. The van der Waals surface area contributed by atoms with E-state index in [0.717, 1.165) is 37.9 Å². The molecule has 33 heavy (non-hydrogen) atoms. The molecule has 1 N–H and O–H groups in total. The number of hydrogen-bond donors (Lipinski definition) is 1. The van der Waals surface area contributed by atoms with Gasteiger partial charge in [0.25, 0.3) is 11.7 Å². The van der Waals surface area contributed by atoms with Crippen LogP contribution in [0.4, 0.5) is 5.69 Å². The molecule has 1 fully saturated rings. The number of anilines is 1. The second kappa shape index (κ2) is 9.77. The number of hydrogen-bond acceptors (Lipinski definition) is 5. The summed E-state index contributed by atoms with van der Waals surface area (Å²) in [4.78, 5) is 40.5. The number of nitrogens with one attached hydrogen (secondary N) is 1. The zero-order valence-corrected chi connectivity index (χ0v) is 18.8. The average molecular weight is 450 g/mol. The Morgan fingerprint density at radius 2 is 1.67 bits per heavy atom. The lowest BCUT2D eigenvalue weighted by molar-refractivity contribution is -0.132. The van der Waals surface area contributed by atoms with Crippen LogP contribution in [0.25, 0.3) is 10.9 Å². The summed E-state index contributed by atoms with van der Waals surface area (Å²) >= 11 is 0. The van der Waals surface area contributed by atoms with E-state index in [1.54, 1.807) is 35.0 Å². The molecule has 8 heteroatoms. The van der Waals surface area contributed by atoms with Gasteiger partial charge in [-0.25, -0.2) is 0 Å². The maximum absolute atomic E-state index is 13.1. The molecular formula is C25H27N3O5. The van der Waals surface area contributed by atoms with Crippen molar-refractivity contribution < 1.29 is 23.9 Å². The SMILES string of the molecule is COc1ccc(NC(=O)C(=O)c2cn(CC(=O)N3CCCCC3)c3ccccc23)cc1OC. The molecule has 0 aliphatic carbocycles. The van der Waals surface area contributed by atoms with Gasteiger partial charge in [0.15, 0.2) is 11.5 Å². The Labute approximate surface area is 192 Å². The van der Waals surface area contributed by atoms with E-state index in [1.165, 1.54) is 14.2 Å². The second-order valence-corrected chi connectivity index (χ2v) is 7.98. The number of ketones is 1. The van der Waals surface area contributed by atoms with E-state index >= 15 is 0 Å². The number of nitrogens with zero attached hydrogens (tertiary/aromatic N) is 2. The van der Waals surface area contributed by atoms with Gasteiger partial charge >= 0.3 is 0 Å². The van der Waals surface area contributed by atoms with Crippen LogP contribution in [0.3, 0.4) is 0 Å². The molecule has 172 valence electrons. The minimum Gasteiger partial charge on any atom is -0.493 e. The number of fused-ring (bicyclic) bond motifs is 1. The first-order chi connectivity index (χ1) is 16.0. The third-order valence-corrected chi connectivity index (χ3v) is 5.90. The first kappa shape index (κ1) is 22.4. The van der Waals surface area contributed by atoms with Crippen LogP contribution in [-0.2, 0) is 16.1 Å². The number of para-hydroxylation sites is 1. The highest BCUT2D eigenvalue weighted by Crippen LogP contribution is 2.30. The fourth-order valence-electron chi connectivity index (χ4n) is 4.17. The van der Waals surface area contributed by atoms with Crippen LogP contribution in [0.1, 0.15) is 29.6 Å². The van der Waals surface area contributed by atoms with E-state index < -0.39 is 11.7 Å². The number of aromatic nitrogens is 1. The van der Waals surface area contributed by atoms with Crippen LogP contribution in [-0.4, -0.2) is 54.4 Å². The smallest absolute Gasteiger partial charge is 0.296 e. The maximum Gasteiger partial charge on any atom is 0.296 e. The van der Waals surface area contributed by atoms with Crippen LogP contribution in [0.5, 0.6) is 11.5 Å². The Hall–Kier alpha value is -3.81. The highest BCUT2D eigenvalue weighted by Gasteiger charge is 2.24. The van der Waals surface area contributed by atoms with Gasteiger partial charge in [0.2, 0.25) is 5.91 Å². The lowest BCUT2D eigenvalue weighted by Crippen LogP contribution is -2.37. The Kier molecular flexibility index (Phi) is 6.63. The lowest BCUT2D eigenvalue weighted by atomic mass is 10.1. The van der Waals surface area contributed by atoms with Gasteiger partial charge in [-0.15, -0.1) is 0 Å². The van der Waals surface area contributed by atoms with Crippen molar-refractivity contribution in [2.75, 3.05) is 32.6 Å². The molecule has 8 nitrogen and oxygen atoms in total. The summed E-state index contributed by atoms with van der Waals surface area (Å²) in [6.07, 6.45) is 4.77. The van der Waals surface area contributed by atoms with Crippen molar-refractivity contribution in [3.05, 3.63) is 54.2 Å². The zero-order valence-electron chi connectivity index (χ0n) is 18.8. The Morgan fingerprint density at radius 3 is 2.39 bits per heavy atom. The van der Waals surface area contributed by atoms with E-state index in [-0.39, 0.29) is 18.0 Å². The van der Waals surface area contributed by atoms with Crippen LogP contribution < -0.4 is 14.8 Å². The zero-order chi connectivity index (χ0) is 23.4. The van der Waals surface area contributed by atoms with Gasteiger partial charge in [0.05, 0.1) is 19.8 Å². The highest BCUT2D eigenvalue weighted by molar-refractivity contribution is 6.48. The standard InChI is InChI=1S/C25H27N3O5/c1-32-21-11-10-17(14-22(21)33-2)26-25(31)24(30)19-15-28(20-9-5-4-8-18(19)20)16-23(29)27-12-6-3-7-13-27/h4-5,8-11,14-15H,3,6-7,12-13,16H2,1-2H3,(H,26,31). The summed E-state index contributed by atoms with van der Waals surface area (Å²) in [5.41, 5.74) is 1.41. The quantitative estimate of drug-likeness (QED) is 0.441. The Bertz CT molecular complexity index is 1190. The fourth-order valence-corrected chi connectivity index (χ4v) is 4.17. The van der Waals surface area contributed by atoms with Gasteiger partial charge in [-0.2, -0.15) is 0 Å². The van der Waals surface area contributed by atoms with Crippen molar-refractivity contribution in [1.29, 1.82) is 0 Å². The summed E-state index contributed by atoms with van der Waals surface area (Å²) in [5.74, 6) is -0.472. The molecule has 2 amide bonds. The molecule has 1 aliphatic heterocycles. The predicted molar refractivity (Wildman–Crippen MR) is 125 cm³/mol. The largest absolute Gasteiger partial charge is 0.493 e. The highest BCUT2D eigenvalue weighted by atomic mass is 16.5. The molecule has 0 spiro atoms. The Balaban J connectivity index is 1.56. The number of likely N-dealkylation sites (tertiary alicyclic amines) is 1. The summed E-state index contributed by atoms with van der Waals surface area (Å²) in [6.45, 7) is 1.65. The molecular weight excluding hydrogens is 422 g/mol. The topological polar surface area (TPSA) is 89.9 Å². The average Bonchev–Trinajstić information content (AvgIpc) is 3.22. The van der Waals surface area contributed by atoms with Gasteiger partial charge in [0, 0.05) is 41.9 Å². The maximum atomic E-state index is 13.1. The molecule has 0 atom stereocenters. The minimum atomic E-state index is -0.771. The molecule has 0 radical (unpaired) electrons. The van der Waals surface area contributed by atoms with Crippen LogP contribution in [0.15, 0.2) is 48.7 Å². The third kappa shape index (κ3) is 4.69. The van der Waals surface area contributed by atoms with Crippen molar-refractivity contribution in [2.45, 2.75) is 25.8 Å². The van der Waals surface area contributed by atoms with E-state index in [1.807, 2.05) is 23.1 Å². The molecule has 0 saturated carbocycles. The monoisotopic (exact) mass is 449 g/mol. The normalized spacial score (nSPS) is 13.6. The van der Waals surface area contributed by atoms with E-state index in [4.69, 9.17) is 9.47 Å². The van der Waals surface area contributed by atoms with Gasteiger partial charge in [-0.1, -0.05) is 18.2 Å². The van der Waals surface area contributed by atoms with Crippen molar-refractivity contribution in [2.24, 2.45) is 0 Å². The molecule has 4 rings (SSSR count). The molecule has 3 aromatic rings. The first-order valence-corrected chi connectivity index (χ1v) is 10.9. The number of rotatable bonds is 7. The number of carbonyl (C=O) groups is 3. The summed E-state index contributed by atoms with van der Waals surface area (Å²) in [7, 11) is 3.01. The van der Waals surface area contributed by atoms with Gasteiger partial charge < -0.3 is 24.3 Å².